The number of allylic oxidation sites excluding steroid dienone is 1. The highest BCUT2D eigenvalue weighted by atomic mass is 79.9. The van der Waals surface area contributed by atoms with E-state index in [1.165, 1.54) is 4.90 Å². The van der Waals surface area contributed by atoms with Gasteiger partial charge in [0.15, 0.2) is 0 Å². The van der Waals surface area contributed by atoms with Gasteiger partial charge in [-0.25, -0.2) is 0 Å². The highest BCUT2D eigenvalue weighted by Crippen LogP contribution is 2.35. The summed E-state index contributed by atoms with van der Waals surface area (Å²) in [7, 11) is 0. The van der Waals surface area contributed by atoms with Gasteiger partial charge in [-0.2, -0.15) is 0 Å². The van der Waals surface area contributed by atoms with Gasteiger partial charge in [-0.15, -0.1) is 0 Å². The molecule has 0 spiro atoms. The molecule has 1 aromatic carbocycles. The average Bonchev–Trinajstić information content (AvgIpc) is 2.52. The highest BCUT2D eigenvalue weighted by molar-refractivity contribution is 9.10. The fourth-order valence-corrected chi connectivity index (χ4v) is 2.34. The van der Waals surface area contributed by atoms with Gasteiger partial charge >= 0.3 is 0 Å². The van der Waals surface area contributed by atoms with Gasteiger partial charge in [0, 0.05) is 11.0 Å². The number of carbonyl (C=O) groups excluding carboxylic acids is 2. The molecule has 1 amide bonds. The molecule has 1 heterocycles. The zero-order valence-electron chi connectivity index (χ0n) is 9.66. The van der Waals surface area contributed by atoms with Crippen molar-refractivity contribution in [2.45, 2.75) is 13.8 Å². The third kappa shape index (κ3) is 2.05. The van der Waals surface area contributed by atoms with Gasteiger partial charge in [0.05, 0.1) is 11.3 Å². The Morgan fingerprint density at radius 2 is 2.06 bits per heavy atom. The van der Waals surface area contributed by atoms with E-state index in [0.29, 0.717) is 17.8 Å². The first-order chi connectivity index (χ1) is 8.02. The number of amides is 1. The van der Waals surface area contributed by atoms with E-state index in [1.807, 2.05) is 26.0 Å². The lowest BCUT2D eigenvalue weighted by molar-refractivity contribution is -0.114. The minimum absolute atomic E-state index is 0.427. The van der Waals surface area contributed by atoms with Gasteiger partial charge in [-0.3, -0.25) is 14.5 Å². The number of fused-ring (bicyclic) bond motifs is 1. The number of rotatable bonds is 2. The first kappa shape index (κ1) is 12.0. The normalized spacial score (nSPS) is 13.9. The fourth-order valence-electron chi connectivity index (χ4n) is 1.76. The molecule has 0 atom stereocenters. The van der Waals surface area contributed by atoms with E-state index in [9.17, 15) is 9.59 Å². The van der Waals surface area contributed by atoms with E-state index in [2.05, 4.69) is 15.9 Å². The summed E-state index contributed by atoms with van der Waals surface area (Å²) < 4.78 is 0.774. The number of anilines is 1. The second-order valence-electron chi connectivity index (χ2n) is 4.16. The molecule has 0 fully saturated rings. The predicted octanol–water partition coefficient (Wildman–Crippen LogP) is 2.94. The molecule has 4 heteroatoms. The van der Waals surface area contributed by atoms with Crippen molar-refractivity contribution in [2.24, 2.45) is 0 Å². The third-order valence-corrected chi connectivity index (χ3v) is 3.26. The molecular weight excluding hydrogens is 282 g/mol. The molecule has 0 aliphatic carbocycles. The summed E-state index contributed by atoms with van der Waals surface area (Å²) in [5.74, 6) is -0.882. The maximum atomic E-state index is 11.9. The largest absolute Gasteiger partial charge is 0.300 e. The quantitative estimate of drug-likeness (QED) is 0.621. The Balaban J connectivity index is 2.47. The van der Waals surface area contributed by atoms with Crippen molar-refractivity contribution >= 4 is 33.3 Å². The van der Waals surface area contributed by atoms with Gasteiger partial charge in [-0.1, -0.05) is 17.7 Å². The monoisotopic (exact) mass is 293 g/mol. The summed E-state index contributed by atoms with van der Waals surface area (Å²) in [5, 5.41) is 0. The van der Waals surface area contributed by atoms with Crippen molar-refractivity contribution in [3.05, 3.63) is 39.9 Å². The molecule has 1 aliphatic heterocycles. The molecule has 1 aromatic rings. The van der Waals surface area contributed by atoms with Crippen molar-refractivity contribution in [1.29, 1.82) is 0 Å². The van der Waals surface area contributed by atoms with E-state index in [-0.39, 0.29) is 0 Å². The molecule has 2 rings (SSSR count). The Morgan fingerprint density at radius 1 is 1.35 bits per heavy atom. The molecule has 17 heavy (non-hydrogen) atoms. The van der Waals surface area contributed by atoms with E-state index in [4.69, 9.17) is 0 Å². The van der Waals surface area contributed by atoms with Gasteiger partial charge in [0.2, 0.25) is 0 Å². The van der Waals surface area contributed by atoms with E-state index >= 15 is 0 Å². The van der Waals surface area contributed by atoms with Gasteiger partial charge in [0.25, 0.3) is 11.7 Å². The first-order valence-corrected chi connectivity index (χ1v) is 6.09. The highest BCUT2D eigenvalue weighted by Gasteiger charge is 2.36. The SMILES string of the molecule is CC(C)=CCN1C(=O)C(=O)c2cccc(Br)c21. The van der Waals surface area contributed by atoms with Crippen LogP contribution in [0.3, 0.4) is 0 Å². The standard InChI is InChI=1S/C13H12BrNO2/c1-8(2)6-7-15-11-9(12(16)13(15)17)4-3-5-10(11)14/h3-6H,7H2,1-2H3. The van der Waals surface area contributed by atoms with Crippen LogP contribution < -0.4 is 4.90 Å². The Kier molecular flexibility index (Phi) is 3.15. The average molecular weight is 294 g/mol. The number of benzene rings is 1. The smallest absolute Gasteiger partial charge is 0.299 e. The van der Waals surface area contributed by atoms with Crippen LogP contribution >= 0.6 is 15.9 Å². The molecule has 0 saturated heterocycles. The number of hydrogen-bond donors (Lipinski definition) is 0. The Hall–Kier alpha value is -1.42. The van der Waals surface area contributed by atoms with Crippen molar-refractivity contribution in [2.75, 3.05) is 11.4 Å². The summed E-state index contributed by atoms with van der Waals surface area (Å²) in [4.78, 5) is 25.1. The Labute approximate surface area is 108 Å². The van der Waals surface area contributed by atoms with Crippen molar-refractivity contribution in [1.82, 2.24) is 0 Å². The second kappa shape index (κ2) is 4.45. The molecule has 0 unspecified atom stereocenters. The molecule has 0 radical (unpaired) electrons. The van der Waals surface area contributed by atoms with Crippen LogP contribution in [-0.4, -0.2) is 18.2 Å². The number of Topliss-reactive ketones (excluding diaryl/α,β-unsaturated/α-hetero) is 1. The number of nitrogens with zero attached hydrogens (tertiary/aromatic N) is 1. The lowest BCUT2D eigenvalue weighted by Gasteiger charge is -2.15. The molecule has 1 aliphatic rings. The van der Waals surface area contributed by atoms with E-state index in [0.717, 1.165) is 10.0 Å². The number of carbonyl (C=O) groups is 2. The Bertz CT molecular complexity index is 530. The number of ketones is 1. The van der Waals surface area contributed by atoms with Crippen LogP contribution in [0.2, 0.25) is 0 Å². The van der Waals surface area contributed by atoms with Crippen LogP contribution in [0.5, 0.6) is 0 Å². The van der Waals surface area contributed by atoms with Crippen LogP contribution in [-0.2, 0) is 4.79 Å². The molecular formula is C13H12BrNO2. The molecule has 0 aromatic heterocycles. The number of hydrogen-bond acceptors (Lipinski definition) is 2. The topological polar surface area (TPSA) is 37.4 Å². The molecule has 0 N–H and O–H groups in total. The summed E-state index contributed by atoms with van der Waals surface area (Å²) in [6, 6.07) is 5.28. The Morgan fingerprint density at radius 3 is 2.71 bits per heavy atom. The van der Waals surface area contributed by atoms with Crippen LogP contribution in [0.25, 0.3) is 0 Å². The van der Waals surface area contributed by atoms with Gasteiger partial charge in [-0.05, 0) is 41.9 Å². The van der Waals surface area contributed by atoms with Crippen molar-refractivity contribution in [3.63, 3.8) is 0 Å². The lowest BCUT2D eigenvalue weighted by atomic mass is 10.1. The minimum atomic E-state index is -0.454. The van der Waals surface area contributed by atoms with Gasteiger partial charge in [0.1, 0.15) is 0 Å². The van der Waals surface area contributed by atoms with Crippen LogP contribution in [0.15, 0.2) is 34.3 Å². The molecule has 88 valence electrons. The fraction of sp³-hybridized carbons (Fsp3) is 0.231. The summed E-state index contributed by atoms with van der Waals surface area (Å²) in [6.07, 6.45) is 1.93. The first-order valence-electron chi connectivity index (χ1n) is 5.30. The lowest BCUT2D eigenvalue weighted by Crippen LogP contribution is -2.30. The number of para-hydroxylation sites is 1. The second-order valence-corrected chi connectivity index (χ2v) is 5.02. The third-order valence-electron chi connectivity index (χ3n) is 2.62. The summed E-state index contributed by atoms with van der Waals surface area (Å²) in [6.45, 7) is 4.36. The predicted molar refractivity (Wildman–Crippen MR) is 70.3 cm³/mol. The minimum Gasteiger partial charge on any atom is -0.300 e. The van der Waals surface area contributed by atoms with Crippen LogP contribution in [0.4, 0.5) is 5.69 Å². The zero-order valence-corrected chi connectivity index (χ0v) is 11.2. The van der Waals surface area contributed by atoms with E-state index < -0.39 is 11.7 Å². The van der Waals surface area contributed by atoms with Crippen LogP contribution in [0, 0.1) is 0 Å². The molecule has 3 nitrogen and oxygen atoms in total. The van der Waals surface area contributed by atoms with Gasteiger partial charge < -0.3 is 0 Å². The number of halogens is 1. The summed E-state index contributed by atoms with van der Waals surface area (Å²) in [5.41, 5.74) is 2.28. The molecule has 0 bridgehead atoms. The zero-order chi connectivity index (χ0) is 12.6. The maximum absolute atomic E-state index is 11.9. The molecule has 0 saturated carbocycles. The van der Waals surface area contributed by atoms with Crippen molar-refractivity contribution in [3.8, 4) is 0 Å². The van der Waals surface area contributed by atoms with Crippen molar-refractivity contribution < 1.29 is 9.59 Å². The van der Waals surface area contributed by atoms with Crippen LogP contribution in [0.1, 0.15) is 24.2 Å². The summed E-state index contributed by atoms with van der Waals surface area (Å²) >= 11 is 3.38. The maximum Gasteiger partial charge on any atom is 0.299 e. The van der Waals surface area contributed by atoms with E-state index in [1.54, 1.807) is 12.1 Å².